The predicted molar refractivity (Wildman–Crippen MR) is 178 cm³/mol. The van der Waals surface area contributed by atoms with Gasteiger partial charge < -0.3 is 9.13 Å². The molecule has 2 nitrogen and oxygen atoms in total. The fourth-order valence-corrected chi connectivity index (χ4v) is 19.8. The van der Waals surface area contributed by atoms with Crippen molar-refractivity contribution in [3.05, 3.63) is 121 Å². The van der Waals surface area contributed by atoms with Gasteiger partial charge in [0.25, 0.3) is 0 Å². The van der Waals surface area contributed by atoms with E-state index in [2.05, 4.69) is 172 Å². The highest BCUT2D eigenvalue weighted by molar-refractivity contribution is 7.03. The second-order valence-corrected chi connectivity index (χ2v) is 22.8. The number of piperazine rings is 1. The zero-order valence-electron chi connectivity index (χ0n) is 25.3. The van der Waals surface area contributed by atoms with Crippen molar-refractivity contribution in [2.24, 2.45) is 0 Å². The van der Waals surface area contributed by atoms with E-state index < -0.39 is 16.5 Å². The Morgan fingerprint density at radius 3 is 0.750 bits per heavy atom. The van der Waals surface area contributed by atoms with Crippen molar-refractivity contribution in [3.8, 4) is 0 Å². The van der Waals surface area contributed by atoms with Crippen LogP contribution in [-0.2, 0) is 0 Å². The Kier molecular flexibility index (Phi) is 8.09. The highest BCUT2D eigenvalue weighted by Gasteiger charge is 2.57. The van der Waals surface area contributed by atoms with Crippen molar-refractivity contribution >= 4 is 37.2 Å². The molecule has 0 bridgehead atoms. The Balaban J connectivity index is 1.62. The smallest absolute Gasteiger partial charge is 0.198 e. The highest BCUT2D eigenvalue weighted by atomic mass is 28.3. The van der Waals surface area contributed by atoms with E-state index >= 15 is 0 Å². The molecule has 4 aromatic carbocycles. The fraction of sp³-hybridized carbons (Fsp3) is 0.333. The van der Waals surface area contributed by atoms with Crippen LogP contribution in [0.5, 0.6) is 0 Å². The lowest BCUT2D eigenvalue weighted by Gasteiger charge is -2.58. The maximum absolute atomic E-state index is 2.94. The van der Waals surface area contributed by atoms with E-state index in [1.807, 2.05) is 0 Å². The van der Waals surface area contributed by atoms with E-state index in [-0.39, 0.29) is 10.1 Å². The van der Waals surface area contributed by atoms with Gasteiger partial charge in [-0.2, -0.15) is 0 Å². The molecule has 1 heterocycles. The first-order valence-corrected chi connectivity index (χ1v) is 18.7. The summed E-state index contributed by atoms with van der Waals surface area (Å²) in [7, 11) is -4.64. The molecule has 0 spiro atoms. The SMILES string of the molecule is CC(C)(C)[Si](c1ccccc1)(c1ccccc1)N1CCN([Si](c2ccccc2)(c2ccccc2)C(C)(C)C)CC1. The van der Waals surface area contributed by atoms with Crippen LogP contribution in [0, 0.1) is 0 Å². The van der Waals surface area contributed by atoms with Gasteiger partial charge in [-0.05, 0) is 30.8 Å². The molecule has 1 saturated heterocycles. The summed E-state index contributed by atoms with van der Waals surface area (Å²) in [6.45, 7) is 19.2. The largest absolute Gasteiger partial charge is 0.314 e. The summed E-state index contributed by atoms with van der Waals surface area (Å²) in [5.74, 6) is 0. The van der Waals surface area contributed by atoms with Crippen molar-refractivity contribution < 1.29 is 0 Å². The Morgan fingerprint density at radius 1 is 0.375 bits per heavy atom. The topological polar surface area (TPSA) is 6.48 Å². The van der Waals surface area contributed by atoms with Crippen LogP contribution < -0.4 is 20.7 Å². The van der Waals surface area contributed by atoms with Crippen LogP contribution in [-0.4, -0.2) is 51.8 Å². The van der Waals surface area contributed by atoms with Crippen LogP contribution >= 0.6 is 0 Å². The number of hydrogen-bond acceptors (Lipinski definition) is 2. The number of rotatable bonds is 6. The molecule has 0 aromatic heterocycles. The van der Waals surface area contributed by atoms with Crippen molar-refractivity contribution in [1.29, 1.82) is 0 Å². The van der Waals surface area contributed by atoms with Crippen LogP contribution in [0.4, 0.5) is 0 Å². The van der Waals surface area contributed by atoms with E-state index in [0.29, 0.717) is 0 Å². The third kappa shape index (κ3) is 4.75. The van der Waals surface area contributed by atoms with Crippen LogP contribution in [0.15, 0.2) is 121 Å². The summed E-state index contributed by atoms with van der Waals surface area (Å²) >= 11 is 0. The van der Waals surface area contributed by atoms with Gasteiger partial charge >= 0.3 is 0 Å². The van der Waals surface area contributed by atoms with Gasteiger partial charge in [-0.1, -0.05) is 163 Å². The van der Waals surface area contributed by atoms with Crippen molar-refractivity contribution in [1.82, 2.24) is 9.13 Å². The highest BCUT2D eigenvalue weighted by Crippen LogP contribution is 2.41. The summed E-state index contributed by atoms with van der Waals surface area (Å²) < 4.78 is 5.87. The number of benzene rings is 4. The second-order valence-electron chi connectivity index (χ2n) is 13.4. The Labute approximate surface area is 244 Å². The molecule has 4 aromatic rings. The molecular weight excluding hydrogens is 517 g/mol. The zero-order chi connectivity index (χ0) is 28.4. The van der Waals surface area contributed by atoms with Gasteiger partial charge in [-0.15, -0.1) is 0 Å². The Morgan fingerprint density at radius 2 is 0.575 bits per heavy atom. The molecule has 4 heteroatoms. The molecule has 0 unspecified atom stereocenters. The maximum Gasteiger partial charge on any atom is 0.198 e. The minimum atomic E-state index is -2.32. The first kappa shape index (κ1) is 28.8. The van der Waals surface area contributed by atoms with Gasteiger partial charge in [0.2, 0.25) is 0 Å². The molecular formula is C36H46N2Si2. The molecule has 0 radical (unpaired) electrons. The average molecular weight is 563 g/mol. The molecule has 0 atom stereocenters. The molecule has 208 valence electrons. The quantitative estimate of drug-likeness (QED) is 0.277. The van der Waals surface area contributed by atoms with Crippen LogP contribution in [0.25, 0.3) is 0 Å². The molecule has 1 aliphatic heterocycles. The summed E-state index contributed by atoms with van der Waals surface area (Å²) in [4.78, 5) is 0. The first-order valence-electron chi connectivity index (χ1n) is 14.9. The monoisotopic (exact) mass is 562 g/mol. The van der Waals surface area contributed by atoms with Gasteiger partial charge in [0.15, 0.2) is 16.5 Å². The predicted octanol–water partition coefficient (Wildman–Crippen LogP) is 5.72. The van der Waals surface area contributed by atoms with E-state index in [1.54, 1.807) is 0 Å². The third-order valence-corrected chi connectivity index (χ3v) is 21.0. The summed E-state index contributed by atoms with van der Waals surface area (Å²) in [6, 6.07) is 45.8. The third-order valence-electron chi connectivity index (χ3n) is 9.17. The lowest BCUT2D eigenvalue weighted by molar-refractivity contribution is 0.255. The maximum atomic E-state index is 2.94. The second kappa shape index (κ2) is 11.2. The van der Waals surface area contributed by atoms with Gasteiger partial charge in [0.05, 0.1) is 0 Å². The molecule has 0 amide bonds. The van der Waals surface area contributed by atoms with Crippen LogP contribution in [0.2, 0.25) is 10.1 Å². The summed E-state index contributed by atoms with van der Waals surface area (Å²) in [5, 5.41) is 6.32. The molecule has 1 aliphatic rings. The Bertz CT molecular complexity index is 1160. The summed E-state index contributed by atoms with van der Waals surface area (Å²) in [5.41, 5.74) is 0. The van der Waals surface area contributed by atoms with Gasteiger partial charge in [0.1, 0.15) is 0 Å². The summed E-state index contributed by atoms with van der Waals surface area (Å²) in [6.07, 6.45) is 0. The number of hydrogen-bond donors (Lipinski definition) is 0. The van der Waals surface area contributed by atoms with Crippen LogP contribution in [0.3, 0.4) is 0 Å². The van der Waals surface area contributed by atoms with E-state index in [9.17, 15) is 0 Å². The van der Waals surface area contributed by atoms with E-state index in [1.165, 1.54) is 20.7 Å². The average Bonchev–Trinajstić information content (AvgIpc) is 2.95. The van der Waals surface area contributed by atoms with Gasteiger partial charge in [-0.3, -0.25) is 0 Å². The molecule has 5 rings (SSSR count). The first-order chi connectivity index (χ1) is 19.1. The van der Waals surface area contributed by atoms with Crippen molar-refractivity contribution in [2.75, 3.05) is 26.2 Å². The minimum Gasteiger partial charge on any atom is -0.314 e. The fourth-order valence-electron chi connectivity index (χ4n) is 7.84. The van der Waals surface area contributed by atoms with Crippen LogP contribution in [0.1, 0.15) is 41.5 Å². The van der Waals surface area contributed by atoms with Gasteiger partial charge in [0, 0.05) is 26.2 Å². The lowest BCUT2D eigenvalue weighted by Crippen LogP contribution is -2.81. The normalized spacial score (nSPS) is 16.1. The Hall–Kier alpha value is -2.77. The van der Waals surface area contributed by atoms with Gasteiger partial charge in [-0.25, -0.2) is 0 Å². The molecule has 0 aliphatic carbocycles. The minimum absolute atomic E-state index is 0.120. The lowest BCUT2D eigenvalue weighted by atomic mass is 10.2. The standard InChI is InChI=1S/C36H46N2Si2/c1-35(2,3)39(31-19-11-7-12-20-31,32-21-13-8-14-22-32)37-27-29-38(30-28-37)40(36(4,5)6,33-23-15-9-16-24-33)34-25-17-10-18-26-34/h7-26H,27-30H2,1-6H3. The van der Waals surface area contributed by atoms with Crippen molar-refractivity contribution in [3.63, 3.8) is 0 Å². The molecule has 0 saturated carbocycles. The van der Waals surface area contributed by atoms with E-state index in [4.69, 9.17) is 0 Å². The molecule has 0 N–H and O–H groups in total. The van der Waals surface area contributed by atoms with E-state index in [0.717, 1.165) is 26.2 Å². The number of nitrogens with zero attached hydrogens (tertiary/aromatic N) is 2. The molecule has 1 fully saturated rings. The zero-order valence-corrected chi connectivity index (χ0v) is 27.3. The van der Waals surface area contributed by atoms with Crippen molar-refractivity contribution in [2.45, 2.75) is 51.6 Å². The molecule has 40 heavy (non-hydrogen) atoms.